The van der Waals surface area contributed by atoms with Crippen molar-refractivity contribution in [1.29, 1.82) is 0 Å². The summed E-state index contributed by atoms with van der Waals surface area (Å²) in [4.78, 5) is 3.73. The van der Waals surface area contributed by atoms with Crippen LogP contribution in [0.4, 0.5) is 0 Å². The van der Waals surface area contributed by atoms with Crippen molar-refractivity contribution in [1.82, 2.24) is 10.2 Å². The molecule has 1 aromatic heterocycles. The van der Waals surface area contributed by atoms with Crippen LogP contribution in [0.5, 0.6) is 0 Å². The molecule has 0 amide bonds. The summed E-state index contributed by atoms with van der Waals surface area (Å²) in [6.07, 6.45) is 0. The highest BCUT2D eigenvalue weighted by Crippen LogP contribution is 2.11. The Kier molecular flexibility index (Phi) is 3.79. The molecule has 0 saturated carbocycles. The summed E-state index contributed by atoms with van der Waals surface area (Å²) in [5.74, 6) is 6.45. The first-order valence-corrected chi connectivity index (χ1v) is 6.19. The third kappa shape index (κ3) is 3.35. The lowest BCUT2D eigenvalue weighted by molar-refractivity contribution is 0.268. The molecule has 80 valence electrons. The van der Waals surface area contributed by atoms with Gasteiger partial charge in [0.2, 0.25) is 0 Å². The normalized spacial score (nSPS) is 17.1. The van der Waals surface area contributed by atoms with Gasteiger partial charge in [-0.2, -0.15) is 0 Å². The van der Waals surface area contributed by atoms with E-state index in [9.17, 15) is 0 Å². The van der Waals surface area contributed by atoms with Crippen molar-refractivity contribution < 1.29 is 0 Å². The molecule has 1 aliphatic heterocycles. The first kappa shape index (κ1) is 10.7. The van der Waals surface area contributed by atoms with E-state index >= 15 is 0 Å². The summed E-state index contributed by atoms with van der Waals surface area (Å²) in [6, 6.07) is 2.15. The maximum absolute atomic E-state index is 3.34. The van der Waals surface area contributed by atoms with Crippen molar-refractivity contribution in [2.45, 2.75) is 6.92 Å². The molecular formula is C12H16N2S. The number of aryl methyl sites for hydroxylation is 1. The predicted molar refractivity (Wildman–Crippen MR) is 65.2 cm³/mol. The molecule has 3 heteroatoms. The van der Waals surface area contributed by atoms with Crippen LogP contribution in [0.25, 0.3) is 0 Å². The lowest BCUT2D eigenvalue weighted by atomic mass is 10.3. The van der Waals surface area contributed by atoms with Crippen molar-refractivity contribution in [3.05, 3.63) is 21.9 Å². The fourth-order valence-corrected chi connectivity index (χ4v) is 2.27. The van der Waals surface area contributed by atoms with Crippen LogP contribution in [0.3, 0.4) is 0 Å². The Morgan fingerprint density at radius 3 is 2.93 bits per heavy atom. The lowest BCUT2D eigenvalue weighted by Gasteiger charge is -2.24. The summed E-state index contributed by atoms with van der Waals surface area (Å²) in [7, 11) is 0. The van der Waals surface area contributed by atoms with Gasteiger partial charge in [-0.05, 0) is 13.0 Å². The van der Waals surface area contributed by atoms with Crippen LogP contribution in [0.1, 0.15) is 10.4 Å². The first-order valence-electron chi connectivity index (χ1n) is 5.32. The highest BCUT2D eigenvalue weighted by Gasteiger charge is 2.06. The number of hydrogen-bond donors (Lipinski definition) is 1. The fraction of sp³-hybridized carbons (Fsp3) is 0.500. The van der Waals surface area contributed by atoms with Crippen LogP contribution in [0.2, 0.25) is 0 Å². The molecular weight excluding hydrogens is 204 g/mol. The number of hydrogen-bond acceptors (Lipinski definition) is 3. The predicted octanol–water partition coefficient (Wildman–Crippen LogP) is 1.31. The molecule has 0 radical (unpaired) electrons. The van der Waals surface area contributed by atoms with Crippen LogP contribution in [-0.4, -0.2) is 37.6 Å². The van der Waals surface area contributed by atoms with Gasteiger partial charge in [-0.3, -0.25) is 4.90 Å². The van der Waals surface area contributed by atoms with Crippen molar-refractivity contribution in [2.24, 2.45) is 0 Å². The molecule has 0 aromatic carbocycles. The molecule has 1 N–H and O–H groups in total. The molecule has 1 aliphatic rings. The molecule has 0 aliphatic carbocycles. The zero-order valence-electron chi connectivity index (χ0n) is 9.05. The number of nitrogens with one attached hydrogen (secondary N) is 1. The van der Waals surface area contributed by atoms with Gasteiger partial charge in [-0.25, -0.2) is 0 Å². The van der Waals surface area contributed by atoms with Gasteiger partial charge in [0, 0.05) is 42.0 Å². The average molecular weight is 220 g/mol. The van der Waals surface area contributed by atoms with Crippen LogP contribution in [0.15, 0.2) is 11.4 Å². The van der Waals surface area contributed by atoms with Crippen LogP contribution < -0.4 is 5.32 Å². The minimum Gasteiger partial charge on any atom is -0.314 e. The summed E-state index contributed by atoms with van der Waals surface area (Å²) in [6.45, 7) is 7.45. The smallest absolute Gasteiger partial charge is 0.0606 e. The van der Waals surface area contributed by atoms with Gasteiger partial charge < -0.3 is 5.32 Å². The summed E-state index contributed by atoms with van der Waals surface area (Å²) < 4.78 is 0. The Labute approximate surface area is 95.3 Å². The molecule has 0 spiro atoms. The third-order valence-corrected chi connectivity index (χ3v) is 3.34. The lowest BCUT2D eigenvalue weighted by Crippen LogP contribution is -2.43. The topological polar surface area (TPSA) is 15.3 Å². The average Bonchev–Trinajstić information content (AvgIpc) is 2.66. The Bertz CT molecular complexity index is 366. The van der Waals surface area contributed by atoms with E-state index in [-0.39, 0.29) is 0 Å². The monoisotopic (exact) mass is 220 g/mol. The minimum absolute atomic E-state index is 0.899. The molecule has 0 bridgehead atoms. The highest BCUT2D eigenvalue weighted by molar-refractivity contribution is 7.10. The van der Waals surface area contributed by atoms with Gasteiger partial charge in [0.25, 0.3) is 0 Å². The van der Waals surface area contributed by atoms with E-state index in [0.29, 0.717) is 0 Å². The van der Waals surface area contributed by atoms with Gasteiger partial charge in [-0.1, -0.05) is 11.8 Å². The number of thiophene rings is 1. The number of rotatable bonds is 1. The van der Waals surface area contributed by atoms with Gasteiger partial charge in [-0.15, -0.1) is 11.3 Å². The summed E-state index contributed by atoms with van der Waals surface area (Å²) in [5.41, 5.74) is 1.16. The maximum atomic E-state index is 3.34. The molecule has 2 nitrogen and oxygen atoms in total. The number of piperazine rings is 1. The molecule has 0 atom stereocenters. The van der Waals surface area contributed by atoms with E-state index in [4.69, 9.17) is 0 Å². The molecule has 2 heterocycles. The Morgan fingerprint density at radius 2 is 2.27 bits per heavy atom. The van der Waals surface area contributed by atoms with Gasteiger partial charge in [0.15, 0.2) is 0 Å². The van der Waals surface area contributed by atoms with Crippen molar-refractivity contribution in [3.8, 4) is 11.8 Å². The molecule has 0 unspecified atom stereocenters. The summed E-state index contributed by atoms with van der Waals surface area (Å²) >= 11 is 1.76. The van der Waals surface area contributed by atoms with Gasteiger partial charge in [0.05, 0.1) is 6.54 Å². The van der Waals surface area contributed by atoms with E-state index < -0.39 is 0 Å². The quantitative estimate of drug-likeness (QED) is 0.718. The standard InChI is InChI=1S/C12H16N2S/c1-11-9-12(10-15-11)3-2-6-14-7-4-13-5-8-14/h9-10,13H,4-8H2,1H3. The first-order chi connectivity index (χ1) is 7.34. The van der Waals surface area contributed by atoms with Gasteiger partial charge in [0.1, 0.15) is 0 Å². The summed E-state index contributed by atoms with van der Waals surface area (Å²) in [5, 5.41) is 5.46. The molecule has 15 heavy (non-hydrogen) atoms. The molecule has 1 aromatic rings. The minimum atomic E-state index is 0.899. The molecule has 1 saturated heterocycles. The zero-order chi connectivity index (χ0) is 10.5. The molecule has 1 fully saturated rings. The second-order valence-corrected chi connectivity index (χ2v) is 4.89. The van der Waals surface area contributed by atoms with Crippen molar-refractivity contribution in [3.63, 3.8) is 0 Å². The second kappa shape index (κ2) is 5.32. The van der Waals surface area contributed by atoms with E-state index in [2.05, 4.69) is 40.4 Å². The molecule has 2 rings (SSSR count). The Morgan fingerprint density at radius 1 is 1.47 bits per heavy atom. The van der Waals surface area contributed by atoms with Crippen molar-refractivity contribution >= 4 is 11.3 Å². The van der Waals surface area contributed by atoms with Crippen LogP contribution in [-0.2, 0) is 0 Å². The fourth-order valence-electron chi connectivity index (χ4n) is 1.63. The van der Waals surface area contributed by atoms with E-state index in [1.807, 2.05) is 0 Å². The van der Waals surface area contributed by atoms with E-state index in [1.54, 1.807) is 11.3 Å². The zero-order valence-corrected chi connectivity index (χ0v) is 9.86. The highest BCUT2D eigenvalue weighted by atomic mass is 32.1. The Balaban J connectivity index is 1.84. The van der Waals surface area contributed by atoms with E-state index in [1.165, 1.54) is 4.88 Å². The van der Waals surface area contributed by atoms with E-state index in [0.717, 1.165) is 38.3 Å². The van der Waals surface area contributed by atoms with Crippen LogP contribution in [0, 0.1) is 18.8 Å². The second-order valence-electron chi connectivity index (χ2n) is 3.77. The largest absolute Gasteiger partial charge is 0.314 e. The van der Waals surface area contributed by atoms with Crippen molar-refractivity contribution in [2.75, 3.05) is 32.7 Å². The van der Waals surface area contributed by atoms with Crippen LogP contribution >= 0.6 is 11.3 Å². The maximum Gasteiger partial charge on any atom is 0.0606 e. The number of nitrogens with zero attached hydrogens (tertiary/aromatic N) is 1. The Hall–Kier alpha value is -0.820. The third-order valence-electron chi connectivity index (χ3n) is 2.48. The SMILES string of the molecule is Cc1cc(C#CCN2CCNCC2)cs1. The van der Waals surface area contributed by atoms with Gasteiger partial charge >= 0.3 is 0 Å².